The van der Waals surface area contributed by atoms with Crippen molar-refractivity contribution >= 4 is 42.9 Å². The summed E-state index contributed by atoms with van der Waals surface area (Å²) in [5.74, 6) is 0. The highest BCUT2D eigenvalue weighted by Crippen LogP contribution is 2.42. The molecule has 0 amide bonds. The minimum absolute atomic E-state index is 0.00209. The molecule has 4 nitrogen and oxygen atoms in total. The Morgan fingerprint density at radius 3 is 1.88 bits per heavy atom. The van der Waals surface area contributed by atoms with E-state index in [1.165, 1.54) is 26.7 Å². The van der Waals surface area contributed by atoms with E-state index in [1.54, 1.807) is 0 Å². The quantitative estimate of drug-likeness (QED) is 0.303. The fourth-order valence-electron chi connectivity index (χ4n) is 6.34. The topological polar surface area (TPSA) is 49.8 Å². The molecule has 0 aliphatic carbocycles. The number of benzene rings is 3. The first kappa shape index (κ1) is 32.0. The molecule has 0 spiro atoms. The number of aliphatic hydroxyl groups excluding tert-OH is 1. The lowest BCUT2D eigenvalue weighted by Crippen LogP contribution is -2.66. The second kappa shape index (κ2) is 12.0. The van der Waals surface area contributed by atoms with Gasteiger partial charge in [-0.15, -0.1) is 0 Å². The zero-order chi connectivity index (χ0) is 30.2. The number of nitrogens with zero attached hydrogens (tertiary/aromatic N) is 1. The van der Waals surface area contributed by atoms with Crippen LogP contribution in [0.2, 0.25) is 24.7 Å². The van der Waals surface area contributed by atoms with Gasteiger partial charge < -0.3 is 9.53 Å². The normalized spacial score (nSPS) is 17.5. The van der Waals surface area contributed by atoms with E-state index in [0.29, 0.717) is 13.2 Å². The minimum atomic E-state index is -2.68. The van der Waals surface area contributed by atoms with Gasteiger partial charge in [-0.1, -0.05) is 118 Å². The van der Waals surface area contributed by atoms with Gasteiger partial charge in [0.1, 0.15) is 11.0 Å². The summed E-state index contributed by atoms with van der Waals surface area (Å²) < 4.78 is 23.1. The molecular weight excluding hydrogens is 559 g/mol. The van der Waals surface area contributed by atoms with Crippen LogP contribution in [0.4, 0.5) is 0 Å². The zero-order valence-corrected chi connectivity index (χ0v) is 29.3. The molecule has 1 heterocycles. The molecule has 1 aliphatic heterocycles. The Hall–Kier alpha value is -1.88. The first-order valence-corrected chi connectivity index (χ1v) is 21.3. The van der Waals surface area contributed by atoms with Crippen LogP contribution in [0.25, 0.3) is 0 Å². The highest BCUT2D eigenvalue weighted by molar-refractivity contribution is 7.84. The molecule has 41 heavy (non-hydrogen) atoms. The van der Waals surface area contributed by atoms with Gasteiger partial charge >= 0.3 is 0 Å². The molecule has 0 saturated heterocycles. The Morgan fingerprint density at radius 2 is 1.44 bits per heavy atom. The smallest absolute Gasteiger partial charge is 0.261 e. The van der Waals surface area contributed by atoms with E-state index >= 15 is 0 Å². The van der Waals surface area contributed by atoms with Crippen LogP contribution < -0.4 is 15.6 Å². The predicted octanol–water partition coefficient (Wildman–Crippen LogP) is 6.01. The van der Waals surface area contributed by atoms with Crippen molar-refractivity contribution in [3.63, 3.8) is 0 Å². The van der Waals surface area contributed by atoms with E-state index in [9.17, 15) is 9.32 Å². The van der Waals surface area contributed by atoms with Gasteiger partial charge in [-0.3, -0.25) is 0 Å². The third kappa shape index (κ3) is 6.41. The molecule has 0 aromatic heterocycles. The van der Waals surface area contributed by atoms with E-state index in [4.69, 9.17) is 4.43 Å². The number of hydrogen-bond acceptors (Lipinski definition) is 3. The van der Waals surface area contributed by atoms with Crippen molar-refractivity contribution in [2.24, 2.45) is 0 Å². The third-order valence-corrected chi connectivity index (χ3v) is 17.1. The Bertz CT molecular complexity index is 1320. The summed E-state index contributed by atoms with van der Waals surface area (Å²) in [5, 5.41) is 13.9. The third-order valence-electron chi connectivity index (χ3n) is 8.19. The van der Waals surface area contributed by atoms with E-state index < -0.39 is 27.4 Å². The van der Waals surface area contributed by atoms with Crippen LogP contribution in [0.5, 0.6) is 0 Å². The van der Waals surface area contributed by atoms with Gasteiger partial charge in [0.15, 0.2) is 0 Å². The first-order chi connectivity index (χ1) is 19.1. The Balaban J connectivity index is 1.79. The summed E-state index contributed by atoms with van der Waals surface area (Å²) in [4.78, 5) is 0. The van der Waals surface area contributed by atoms with E-state index in [0.717, 1.165) is 12.0 Å². The van der Waals surface area contributed by atoms with Gasteiger partial charge in [0.05, 0.1) is 25.5 Å². The molecule has 1 aliphatic rings. The van der Waals surface area contributed by atoms with Gasteiger partial charge in [0.25, 0.3) is 8.32 Å². The van der Waals surface area contributed by atoms with Gasteiger partial charge in [0, 0.05) is 13.2 Å². The van der Waals surface area contributed by atoms with Crippen molar-refractivity contribution in [1.29, 1.82) is 0 Å². The highest BCUT2D eigenvalue weighted by Gasteiger charge is 2.50. The lowest BCUT2D eigenvalue weighted by Gasteiger charge is -2.43. The predicted molar refractivity (Wildman–Crippen MR) is 180 cm³/mol. The largest absolute Gasteiger partial charge is 0.407 e. The summed E-state index contributed by atoms with van der Waals surface area (Å²) >= 11 is 0. The van der Waals surface area contributed by atoms with Crippen LogP contribution in [-0.2, 0) is 28.6 Å². The second-order valence-electron chi connectivity index (χ2n) is 14.4. The summed E-state index contributed by atoms with van der Waals surface area (Å²) in [6.07, 6.45) is 0.759. The maximum Gasteiger partial charge on any atom is 0.261 e. The molecule has 0 bridgehead atoms. The monoisotopic (exact) mass is 607 g/mol. The Morgan fingerprint density at radius 1 is 0.902 bits per heavy atom. The van der Waals surface area contributed by atoms with Crippen molar-refractivity contribution in [3.05, 3.63) is 89.5 Å². The fourth-order valence-corrected chi connectivity index (χ4v) is 14.1. The average molecular weight is 608 g/mol. The number of aliphatic hydroxyl groups is 1. The van der Waals surface area contributed by atoms with Gasteiger partial charge in [-0.2, -0.15) is 0 Å². The van der Waals surface area contributed by atoms with Crippen molar-refractivity contribution in [3.8, 4) is 0 Å². The van der Waals surface area contributed by atoms with E-state index in [1.807, 2.05) is 0 Å². The second-order valence-corrected chi connectivity index (χ2v) is 25.9. The minimum Gasteiger partial charge on any atom is -0.407 e. The highest BCUT2D eigenvalue weighted by atomic mass is 32.2. The fraction of sp³-hybridized carbons (Fsp3) is 0.471. The first-order valence-electron chi connectivity index (χ1n) is 14.8. The molecule has 3 aromatic rings. The van der Waals surface area contributed by atoms with Crippen molar-refractivity contribution in [2.75, 3.05) is 6.61 Å². The summed E-state index contributed by atoms with van der Waals surface area (Å²) in [6.45, 7) is 21.4. The number of fused-ring (bicyclic) bond motifs is 1. The maximum atomic E-state index is 14.0. The number of hydrogen-bond donors (Lipinski definition) is 1. The molecule has 0 unspecified atom stereocenters. The molecule has 3 aromatic carbocycles. The van der Waals surface area contributed by atoms with Crippen LogP contribution in [0, 0.1) is 0 Å². The van der Waals surface area contributed by atoms with Gasteiger partial charge in [0.2, 0.25) is 0 Å². The molecule has 0 saturated carbocycles. The molecule has 222 valence electrons. The summed E-state index contributed by atoms with van der Waals surface area (Å²) in [5.41, 5.74) is 3.49. The molecule has 2 atom stereocenters. The van der Waals surface area contributed by atoms with Gasteiger partial charge in [-0.05, 0) is 59.3 Å². The van der Waals surface area contributed by atoms with Crippen LogP contribution in [-0.4, -0.2) is 41.4 Å². The van der Waals surface area contributed by atoms with Crippen molar-refractivity contribution < 1.29 is 13.7 Å². The summed E-state index contributed by atoms with van der Waals surface area (Å²) in [6, 6.07) is 25.9. The van der Waals surface area contributed by atoms with Crippen LogP contribution in [0.1, 0.15) is 70.7 Å². The Labute approximate surface area is 252 Å². The molecule has 4 rings (SSSR count). The number of rotatable bonds is 9. The van der Waals surface area contributed by atoms with E-state index in [2.05, 4.69) is 138 Å². The van der Waals surface area contributed by atoms with Crippen molar-refractivity contribution in [2.45, 2.75) is 96.6 Å². The standard InChI is InChI=1S/C34H49NO3SSi2/c1-33(2,3)39(37)35-24-27-22-26(25-36)23-31(40(7,8)9)32(27)30(35)20-21-38-41(34(4,5)6,28-16-12-10-13-17-28)29-18-14-11-15-19-29/h10-19,22-23,30,36H,20-21,24-25H2,1-9H3/t30-,39-/m1/s1. The molecule has 7 heteroatoms. The van der Waals surface area contributed by atoms with Crippen LogP contribution in [0.3, 0.4) is 0 Å². The molecular formula is C34H49NO3SSi2. The lowest BCUT2D eigenvalue weighted by atomic mass is 10.0. The Kier molecular flexibility index (Phi) is 9.39. The van der Waals surface area contributed by atoms with Crippen LogP contribution >= 0.6 is 0 Å². The van der Waals surface area contributed by atoms with E-state index in [-0.39, 0.29) is 22.4 Å². The van der Waals surface area contributed by atoms with Gasteiger partial charge in [-0.25, -0.2) is 8.51 Å². The average Bonchev–Trinajstić information content (AvgIpc) is 3.27. The zero-order valence-electron chi connectivity index (χ0n) is 26.5. The van der Waals surface area contributed by atoms with Crippen molar-refractivity contribution in [1.82, 2.24) is 4.31 Å². The summed E-state index contributed by atoms with van der Waals surface area (Å²) in [7, 11) is -5.64. The molecule has 0 fully saturated rings. The lowest BCUT2D eigenvalue weighted by molar-refractivity contribution is 0.244. The SMILES string of the molecule is CC(C)(C)[S@@](=O)N1Cc2cc(CO)cc([Si](C)(C)C)c2[C@H]1CCO[Si](c1ccccc1)(c1ccccc1)C(C)(C)C. The maximum absolute atomic E-state index is 14.0. The molecule has 0 radical (unpaired) electrons. The van der Waals surface area contributed by atoms with Crippen LogP contribution in [0.15, 0.2) is 72.8 Å². The molecule has 1 N–H and O–H groups in total.